The van der Waals surface area contributed by atoms with Crippen LogP contribution in [0.2, 0.25) is 5.02 Å². The molecule has 0 heterocycles. The van der Waals surface area contributed by atoms with Gasteiger partial charge in [-0.1, -0.05) is 31.5 Å². The quantitative estimate of drug-likeness (QED) is 0.600. The fourth-order valence-electron chi connectivity index (χ4n) is 1.36. The molecular weight excluding hydrogens is 226 g/mol. The van der Waals surface area contributed by atoms with Crippen molar-refractivity contribution in [2.24, 2.45) is 0 Å². The summed E-state index contributed by atoms with van der Waals surface area (Å²) in [5.74, 6) is 1.08. The Bertz CT molecular complexity index is 302. The number of halogens is 1. The van der Waals surface area contributed by atoms with Crippen LogP contribution in [-0.2, 0) is 6.54 Å². The number of thioether (sulfide) groups is 1. The topological polar surface area (TPSA) is 12.0 Å². The lowest BCUT2D eigenvalue weighted by molar-refractivity contribution is 0.669. The highest BCUT2D eigenvalue weighted by Crippen LogP contribution is 2.25. The number of nitrogens with one attached hydrogen (secondary N) is 1. The van der Waals surface area contributed by atoms with Crippen LogP contribution < -0.4 is 5.32 Å². The van der Waals surface area contributed by atoms with E-state index in [4.69, 9.17) is 11.6 Å². The summed E-state index contributed by atoms with van der Waals surface area (Å²) >= 11 is 7.83. The molecule has 0 spiro atoms. The van der Waals surface area contributed by atoms with Gasteiger partial charge in [-0.15, -0.1) is 11.8 Å². The molecule has 0 radical (unpaired) electrons. The van der Waals surface area contributed by atoms with Crippen molar-refractivity contribution in [2.75, 3.05) is 12.3 Å². The van der Waals surface area contributed by atoms with Crippen LogP contribution >= 0.6 is 23.4 Å². The van der Waals surface area contributed by atoms with Crippen LogP contribution in [0, 0.1) is 0 Å². The summed E-state index contributed by atoms with van der Waals surface area (Å²) in [4.78, 5) is 1.30. The van der Waals surface area contributed by atoms with Crippen LogP contribution in [0.1, 0.15) is 25.8 Å². The molecule has 1 nitrogen and oxygen atoms in total. The van der Waals surface area contributed by atoms with Crippen LogP contribution in [0.15, 0.2) is 23.1 Å². The Morgan fingerprint density at radius 1 is 1.33 bits per heavy atom. The average Bonchev–Trinajstić information content (AvgIpc) is 2.22. The van der Waals surface area contributed by atoms with E-state index in [1.54, 1.807) is 0 Å². The van der Waals surface area contributed by atoms with E-state index in [0.29, 0.717) is 0 Å². The van der Waals surface area contributed by atoms with Crippen molar-refractivity contribution in [2.45, 2.75) is 31.7 Å². The van der Waals surface area contributed by atoms with Gasteiger partial charge in [0.2, 0.25) is 0 Å². The summed E-state index contributed by atoms with van der Waals surface area (Å²) in [7, 11) is 0. The predicted molar refractivity (Wildman–Crippen MR) is 69.8 cm³/mol. The SMILES string of the molecule is CCCNCc1ccc(Cl)cc1SCC. The summed E-state index contributed by atoms with van der Waals surface area (Å²) in [6, 6.07) is 6.13. The van der Waals surface area contributed by atoms with Crippen molar-refractivity contribution < 1.29 is 0 Å². The summed E-state index contributed by atoms with van der Waals surface area (Å²) in [5.41, 5.74) is 1.35. The van der Waals surface area contributed by atoms with Crippen molar-refractivity contribution in [1.29, 1.82) is 0 Å². The number of benzene rings is 1. The van der Waals surface area contributed by atoms with Gasteiger partial charge in [0.05, 0.1) is 0 Å². The van der Waals surface area contributed by atoms with Crippen LogP contribution in [-0.4, -0.2) is 12.3 Å². The van der Waals surface area contributed by atoms with Crippen LogP contribution in [0.5, 0.6) is 0 Å². The lowest BCUT2D eigenvalue weighted by Crippen LogP contribution is -2.14. The highest BCUT2D eigenvalue weighted by molar-refractivity contribution is 7.99. The summed E-state index contributed by atoms with van der Waals surface area (Å²) in [5, 5.41) is 4.24. The van der Waals surface area contributed by atoms with E-state index < -0.39 is 0 Å². The van der Waals surface area contributed by atoms with E-state index in [-0.39, 0.29) is 0 Å². The fraction of sp³-hybridized carbons (Fsp3) is 0.500. The third kappa shape index (κ3) is 4.45. The highest BCUT2D eigenvalue weighted by Gasteiger charge is 2.02. The highest BCUT2D eigenvalue weighted by atomic mass is 35.5. The van der Waals surface area contributed by atoms with Gasteiger partial charge in [-0.05, 0) is 36.4 Å². The van der Waals surface area contributed by atoms with Gasteiger partial charge in [-0.25, -0.2) is 0 Å². The molecule has 15 heavy (non-hydrogen) atoms. The molecule has 0 bridgehead atoms. The summed E-state index contributed by atoms with van der Waals surface area (Å²) in [6.07, 6.45) is 1.17. The first-order chi connectivity index (χ1) is 7.27. The zero-order valence-corrected chi connectivity index (χ0v) is 10.9. The van der Waals surface area contributed by atoms with Gasteiger partial charge >= 0.3 is 0 Å². The van der Waals surface area contributed by atoms with Gasteiger partial charge in [0.15, 0.2) is 0 Å². The van der Waals surface area contributed by atoms with Crippen molar-refractivity contribution in [3.05, 3.63) is 28.8 Å². The fourth-order valence-corrected chi connectivity index (χ4v) is 2.45. The van der Waals surface area contributed by atoms with Crippen molar-refractivity contribution >= 4 is 23.4 Å². The molecular formula is C12H18ClNS. The molecule has 1 aromatic rings. The zero-order chi connectivity index (χ0) is 11.1. The third-order valence-electron chi connectivity index (χ3n) is 2.07. The van der Waals surface area contributed by atoms with Gasteiger partial charge < -0.3 is 5.32 Å². The minimum absolute atomic E-state index is 0.824. The Hall–Kier alpha value is -0.180. The normalized spacial score (nSPS) is 10.6. The molecule has 1 N–H and O–H groups in total. The average molecular weight is 244 g/mol. The molecule has 0 saturated heterocycles. The first kappa shape index (κ1) is 12.9. The Labute approximate surface area is 102 Å². The zero-order valence-electron chi connectivity index (χ0n) is 9.35. The van der Waals surface area contributed by atoms with Gasteiger partial charge in [0.25, 0.3) is 0 Å². The Morgan fingerprint density at radius 2 is 2.13 bits per heavy atom. The molecule has 84 valence electrons. The van der Waals surface area contributed by atoms with Crippen LogP contribution in [0.25, 0.3) is 0 Å². The first-order valence-electron chi connectivity index (χ1n) is 5.39. The Morgan fingerprint density at radius 3 is 2.80 bits per heavy atom. The molecule has 1 aromatic carbocycles. The van der Waals surface area contributed by atoms with Crippen molar-refractivity contribution in [3.8, 4) is 0 Å². The smallest absolute Gasteiger partial charge is 0.0417 e. The predicted octanol–water partition coefficient (Wildman–Crippen LogP) is 3.95. The monoisotopic (exact) mass is 243 g/mol. The second kappa shape index (κ2) is 7.15. The molecule has 0 aliphatic heterocycles. The Kier molecular flexibility index (Phi) is 6.15. The van der Waals surface area contributed by atoms with Crippen molar-refractivity contribution in [1.82, 2.24) is 5.32 Å². The van der Waals surface area contributed by atoms with Gasteiger partial charge in [-0.3, -0.25) is 0 Å². The van der Waals surface area contributed by atoms with Crippen molar-refractivity contribution in [3.63, 3.8) is 0 Å². The standard InChI is InChI=1S/C12H18ClNS/c1-3-7-14-9-10-5-6-11(13)8-12(10)15-4-2/h5-6,8,14H,3-4,7,9H2,1-2H3. The van der Waals surface area contributed by atoms with E-state index in [0.717, 1.165) is 23.9 Å². The second-order valence-corrected chi connectivity index (χ2v) is 5.10. The number of hydrogen-bond acceptors (Lipinski definition) is 2. The molecule has 0 fully saturated rings. The molecule has 0 aliphatic rings. The van der Waals surface area contributed by atoms with Crippen LogP contribution in [0.3, 0.4) is 0 Å². The lowest BCUT2D eigenvalue weighted by Gasteiger charge is -2.09. The van der Waals surface area contributed by atoms with Gasteiger partial charge in [0.1, 0.15) is 0 Å². The van der Waals surface area contributed by atoms with Crippen LogP contribution in [0.4, 0.5) is 0 Å². The van der Waals surface area contributed by atoms with E-state index in [1.807, 2.05) is 17.8 Å². The molecule has 0 saturated carbocycles. The van der Waals surface area contributed by atoms with E-state index in [1.165, 1.54) is 16.9 Å². The molecule has 3 heteroatoms. The Balaban J connectivity index is 2.67. The van der Waals surface area contributed by atoms with E-state index in [9.17, 15) is 0 Å². The summed E-state index contributed by atoms with van der Waals surface area (Å²) in [6.45, 7) is 6.34. The molecule has 0 aromatic heterocycles. The maximum absolute atomic E-state index is 5.98. The largest absolute Gasteiger partial charge is 0.313 e. The second-order valence-electron chi connectivity index (χ2n) is 3.36. The molecule has 0 amide bonds. The number of hydrogen-bond donors (Lipinski definition) is 1. The minimum atomic E-state index is 0.824. The molecule has 1 rings (SSSR count). The number of rotatable bonds is 6. The molecule has 0 unspecified atom stereocenters. The maximum Gasteiger partial charge on any atom is 0.0417 e. The van der Waals surface area contributed by atoms with Gasteiger partial charge in [0, 0.05) is 16.5 Å². The maximum atomic E-state index is 5.98. The first-order valence-corrected chi connectivity index (χ1v) is 6.76. The summed E-state index contributed by atoms with van der Waals surface area (Å²) < 4.78 is 0. The van der Waals surface area contributed by atoms with E-state index >= 15 is 0 Å². The third-order valence-corrected chi connectivity index (χ3v) is 3.29. The van der Waals surface area contributed by atoms with Gasteiger partial charge in [-0.2, -0.15) is 0 Å². The van der Waals surface area contributed by atoms with E-state index in [2.05, 4.69) is 31.3 Å². The minimum Gasteiger partial charge on any atom is -0.313 e. The molecule has 0 aliphatic carbocycles. The molecule has 0 atom stereocenters. The lowest BCUT2D eigenvalue weighted by atomic mass is 10.2.